The summed E-state index contributed by atoms with van der Waals surface area (Å²) < 4.78 is 4.90. The van der Waals surface area contributed by atoms with Gasteiger partial charge in [-0.2, -0.15) is 0 Å². The fraction of sp³-hybridized carbons (Fsp3) is 0.154. The molecule has 0 unspecified atom stereocenters. The van der Waals surface area contributed by atoms with Crippen molar-refractivity contribution < 1.29 is 19.2 Å². The van der Waals surface area contributed by atoms with Crippen molar-refractivity contribution in [3.05, 3.63) is 58.0 Å². The molecule has 1 aromatic carbocycles. The summed E-state index contributed by atoms with van der Waals surface area (Å²) in [5.41, 5.74) is 0.184. The van der Waals surface area contributed by atoms with Gasteiger partial charge in [0, 0.05) is 25.2 Å². The number of carbonyl (C=O) groups excluding carboxylic acids is 1. The van der Waals surface area contributed by atoms with Crippen LogP contribution in [0.15, 0.2) is 41.2 Å². The van der Waals surface area contributed by atoms with Crippen molar-refractivity contribution >= 4 is 11.6 Å². The number of para-hydroxylation sites is 1. The van der Waals surface area contributed by atoms with E-state index < -0.39 is 22.3 Å². The van der Waals surface area contributed by atoms with E-state index in [-0.39, 0.29) is 12.1 Å². The number of phenols is 1. The predicted octanol–water partition coefficient (Wildman–Crippen LogP) is 2.17. The summed E-state index contributed by atoms with van der Waals surface area (Å²) in [6, 6.07) is 5.55. The summed E-state index contributed by atoms with van der Waals surface area (Å²) in [4.78, 5) is 23.5. The zero-order chi connectivity index (χ0) is 14.7. The zero-order valence-electron chi connectivity index (χ0n) is 10.6. The number of hydrogen-bond acceptors (Lipinski definition) is 5. The molecule has 0 bridgehead atoms. The maximum absolute atomic E-state index is 12.2. The minimum absolute atomic E-state index is 0.106. The maximum Gasteiger partial charge on any atom is 0.311 e. The Kier molecular flexibility index (Phi) is 3.69. The third-order valence-electron chi connectivity index (χ3n) is 2.79. The van der Waals surface area contributed by atoms with Crippen LogP contribution in [-0.4, -0.2) is 27.9 Å². The molecule has 20 heavy (non-hydrogen) atoms. The van der Waals surface area contributed by atoms with Crippen molar-refractivity contribution in [3.63, 3.8) is 0 Å². The molecule has 0 radical (unpaired) electrons. The van der Waals surface area contributed by atoms with Gasteiger partial charge in [0.25, 0.3) is 5.91 Å². The molecule has 1 N–H and O–H groups in total. The molecule has 0 fully saturated rings. The number of rotatable bonds is 4. The molecule has 0 atom stereocenters. The van der Waals surface area contributed by atoms with Gasteiger partial charge in [-0.05, 0) is 12.1 Å². The zero-order valence-corrected chi connectivity index (χ0v) is 10.6. The van der Waals surface area contributed by atoms with E-state index in [2.05, 4.69) is 0 Å². The lowest BCUT2D eigenvalue weighted by Gasteiger charge is -2.16. The van der Waals surface area contributed by atoms with Crippen LogP contribution < -0.4 is 0 Å². The van der Waals surface area contributed by atoms with Gasteiger partial charge in [-0.3, -0.25) is 14.9 Å². The van der Waals surface area contributed by atoms with E-state index >= 15 is 0 Å². The van der Waals surface area contributed by atoms with Gasteiger partial charge >= 0.3 is 5.69 Å². The highest BCUT2D eigenvalue weighted by atomic mass is 16.6. The van der Waals surface area contributed by atoms with Gasteiger partial charge in [-0.25, -0.2) is 0 Å². The molecular formula is C13H12N2O5. The molecular weight excluding hydrogens is 264 g/mol. The molecule has 0 spiro atoms. The summed E-state index contributed by atoms with van der Waals surface area (Å²) >= 11 is 0. The van der Waals surface area contributed by atoms with Crippen molar-refractivity contribution in [3.8, 4) is 5.75 Å². The maximum atomic E-state index is 12.2. The van der Waals surface area contributed by atoms with Gasteiger partial charge in [-0.15, -0.1) is 0 Å². The number of amides is 1. The first kappa shape index (κ1) is 13.6. The molecule has 2 aromatic rings. The van der Waals surface area contributed by atoms with E-state index in [9.17, 15) is 20.0 Å². The summed E-state index contributed by atoms with van der Waals surface area (Å²) in [7, 11) is 1.54. The smallest absolute Gasteiger partial charge is 0.311 e. The van der Waals surface area contributed by atoms with Crippen LogP contribution in [0.2, 0.25) is 0 Å². The second-order valence-electron chi connectivity index (χ2n) is 4.22. The molecule has 0 aliphatic rings. The quantitative estimate of drug-likeness (QED) is 0.681. The first-order chi connectivity index (χ1) is 9.50. The lowest BCUT2D eigenvalue weighted by atomic mass is 10.1. The lowest BCUT2D eigenvalue weighted by Crippen LogP contribution is -2.26. The van der Waals surface area contributed by atoms with Gasteiger partial charge in [0.15, 0.2) is 0 Å². The Morgan fingerprint density at radius 3 is 2.80 bits per heavy atom. The lowest BCUT2D eigenvalue weighted by molar-refractivity contribution is -0.385. The van der Waals surface area contributed by atoms with Crippen LogP contribution in [-0.2, 0) is 6.54 Å². The van der Waals surface area contributed by atoms with Gasteiger partial charge in [0.05, 0.1) is 23.0 Å². The molecule has 104 valence electrons. The third-order valence-corrected chi connectivity index (χ3v) is 2.79. The third kappa shape index (κ3) is 2.61. The van der Waals surface area contributed by atoms with Crippen LogP contribution in [0, 0.1) is 10.1 Å². The predicted molar refractivity (Wildman–Crippen MR) is 69.3 cm³/mol. The molecule has 7 nitrogen and oxygen atoms in total. The number of furan rings is 1. The topological polar surface area (TPSA) is 96.8 Å². The van der Waals surface area contributed by atoms with Crippen molar-refractivity contribution in [1.29, 1.82) is 0 Å². The number of hydrogen-bond donors (Lipinski definition) is 1. The largest absolute Gasteiger partial charge is 0.502 e. The van der Waals surface area contributed by atoms with Gasteiger partial charge in [0.1, 0.15) is 0 Å². The Labute approximate surface area is 114 Å². The Bertz CT molecular complexity index is 636. The molecule has 0 aliphatic carbocycles. The van der Waals surface area contributed by atoms with Gasteiger partial charge < -0.3 is 14.4 Å². The summed E-state index contributed by atoms with van der Waals surface area (Å²) in [6.07, 6.45) is 2.98. The first-order valence-corrected chi connectivity index (χ1v) is 5.73. The molecule has 7 heteroatoms. The SMILES string of the molecule is CN(Cc1ccoc1)C(=O)c1cccc([N+](=O)[O-])c1O. The highest BCUT2D eigenvalue weighted by Crippen LogP contribution is 2.30. The van der Waals surface area contributed by atoms with Crippen LogP contribution in [0.3, 0.4) is 0 Å². The number of nitrogens with zero attached hydrogens (tertiary/aromatic N) is 2. The number of nitro benzene ring substituents is 1. The summed E-state index contributed by atoms with van der Waals surface area (Å²) in [6.45, 7) is 0.275. The Hall–Kier alpha value is -2.83. The number of carbonyl (C=O) groups is 1. The van der Waals surface area contributed by atoms with Crippen LogP contribution >= 0.6 is 0 Å². The van der Waals surface area contributed by atoms with E-state index in [4.69, 9.17) is 4.42 Å². The van der Waals surface area contributed by atoms with Gasteiger partial charge in [-0.1, -0.05) is 6.07 Å². The average Bonchev–Trinajstić information content (AvgIpc) is 2.90. The second kappa shape index (κ2) is 5.43. The van der Waals surface area contributed by atoms with E-state index in [1.807, 2.05) is 0 Å². The highest BCUT2D eigenvalue weighted by molar-refractivity contribution is 5.97. The van der Waals surface area contributed by atoms with Crippen LogP contribution in [0.25, 0.3) is 0 Å². The number of aromatic hydroxyl groups is 1. The Morgan fingerprint density at radius 1 is 1.45 bits per heavy atom. The van der Waals surface area contributed by atoms with E-state index in [1.54, 1.807) is 6.07 Å². The van der Waals surface area contributed by atoms with Crippen LogP contribution in [0.1, 0.15) is 15.9 Å². The minimum Gasteiger partial charge on any atom is -0.502 e. The van der Waals surface area contributed by atoms with Crippen molar-refractivity contribution in [2.24, 2.45) is 0 Å². The second-order valence-corrected chi connectivity index (χ2v) is 4.22. The van der Waals surface area contributed by atoms with Crippen LogP contribution in [0.4, 0.5) is 5.69 Å². The molecule has 0 saturated heterocycles. The molecule has 0 saturated carbocycles. The van der Waals surface area contributed by atoms with Gasteiger partial charge in [0.2, 0.25) is 5.75 Å². The molecule has 2 rings (SSSR count). The monoisotopic (exact) mass is 276 g/mol. The van der Waals surface area contributed by atoms with Crippen LogP contribution in [0.5, 0.6) is 5.75 Å². The number of benzene rings is 1. The summed E-state index contributed by atoms with van der Waals surface area (Å²) in [5, 5.41) is 20.5. The molecule has 0 aliphatic heterocycles. The number of nitro groups is 1. The fourth-order valence-corrected chi connectivity index (χ4v) is 1.79. The fourth-order valence-electron chi connectivity index (χ4n) is 1.79. The standard InChI is InChI=1S/C13H12N2O5/c1-14(7-9-5-6-20-8-9)13(17)10-3-2-4-11(12(10)16)15(18)19/h2-6,8,16H,7H2,1H3. The summed E-state index contributed by atoms with van der Waals surface area (Å²) in [5.74, 6) is -1.13. The molecule has 1 amide bonds. The Balaban J connectivity index is 2.25. The normalized spacial score (nSPS) is 10.2. The number of phenolic OH excluding ortho intramolecular Hbond substituents is 1. The van der Waals surface area contributed by atoms with E-state index in [0.717, 1.165) is 11.6 Å². The van der Waals surface area contributed by atoms with Crippen molar-refractivity contribution in [2.45, 2.75) is 6.54 Å². The average molecular weight is 276 g/mol. The van der Waals surface area contributed by atoms with E-state index in [0.29, 0.717) is 0 Å². The van der Waals surface area contributed by atoms with E-state index in [1.165, 1.54) is 36.6 Å². The minimum atomic E-state index is -0.734. The van der Waals surface area contributed by atoms with Crippen molar-refractivity contribution in [1.82, 2.24) is 4.90 Å². The Morgan fingerprint density at radius 2 is 2.20 bits per heavy atom. The molecule has 1 aromatic heterocycles. The first-order valence-electron chi connectivity index (χ1n) is 5.73. The van der Waals surface area contributed by atoms with Crippen molar-refractivity contribution in [2.75, 3.05) is 7.05 Å². The highest BCUT2D eigenvalue weighted by Gasteiger charge is 2.23. The molecule has 1 heterocycles.